The molecule has 34 heavy (non-hydrogen) atoms. The van der Waals surface area contributed by atoms with Gasteiger partial charge in [0.25, 0.3) is 0 Å². The van der Waals surface area contributed by atoms with Crippen LogP contribution in [0.5, 0.6) is 0 Å². The monoisotopic (exact) mass is 471 g/mol. The first-order valence-corrected chi connectivity index (χ1v) is 11.1. The second kappa shape index (κ2) is 10.2. The molecule has 2 aliphatic rings. The smallest absolute Gasteiger partial charge is 0.414 e. The number of hydrazone groups is 1. The molecule has 2 heterocycles. The molecule has 1 atom stereocenters. The largest absolute Gasteiger partial charge is 0.442 e. The zero-order valence-corrected chi connectivity index (χ0v) is 19.1. The minimum absolute atomic E-state index is 0.182. The first-order chi connectivity index (χ1) is 16.3. The number of piperazine rings is 1. The zero-order valence-electron chi connectivity index (χ0n) is 19.1. The lowest BCUT2D eigenvalue weighted by Gasteiger charge is -2.30. The molecule has 1 N–H and O–H groups in total. The number of rotatable bonds is 6. The molecular weight excluding hydrogens is 444 g/mol. The van der Waals surface area contributed by atoms with Crippen molar-refractivity contribution in [1.29, 1.82) is 0 Å². The maximum atomic E-state index is 14.9. The number of ether oxygens (including phenoxy) is 1. The van der Waals surface area contributed by atoms with Gasteiger partial charge in [0, 0.05) is 44.2 Å². The Kier molecular flexibility index (Phi) is 7.06. The molecule has 10 heteroatoms. The predicted octanol–water partition coefficient (Wildman–Crippen LogP) is 2.67. The van der Waals surface area contributed by atoms with Gasteiger partial charge in [0.15, 0.2) is 0 Å². The van der Waals surface area contributed by atoms with Gasteiger partial charge >= 0.3 is 6.09 Å². The van der Waals surface area contributed by atoms with Gasteiger partial charge in [0.05, 0.1) is 25.0 Å². The van der Waals surface area contributed by atoms with Crippen LogP contribution in [0.3, 0.4) is 0 Å². The van der Waals surface area contributed by atoms with E-state index in [1.807, 2.05) is 12.1 Å². The van der Waals surface area contributed by atoms with Gasteiger partial charge in [-0.2, -0.15) is 5.10 Å². The average molecular weight is 472 g/mol. The third-order valence-electron chi connectivity index (χ3n) is 5.87. The van der Waals surface area contributed by atoms with Crippen LogP contribution in [0, 0.1) is 11.6 Å². The van der Waals surface area contributed by atoms with E-state index < -0.39 is 23.8 Å². The van der Waals surface area contributed by atoms with Crippen LogP contribution in [0.4, 0.5) is 19.3 Å². The quantitative estimate of drug-likeness (QED) is 0.656. The molecule has 0 saturated carbocycles. The molecule has 0 aliphatic carbocycles. The number of likely N-dealkylation sites (N-methyl/N-ethyl adjacent to an activating group) is 1. The predicted molar refractivity (Wildman–Crippen MR) is 125 cm³/mol. The number of hydrogen-bond donors (Lipinski definition) is 1. The van der Waals surface area contributed by atoms with Crippen LogP contribution in [0.15, 0.2) is 41.5 Å². The molecule has 0 unspecified atom stereocenters. The maximum Gasteiger partial charge on any atom is 0.414 e. The van der Waals surface area contributed by atoms with Crippen LogP contribution in [-0.4, -0.2) is 80.5 Å². The van der Waals surface area contributed by atoms with Crippen LogP contribution >= 0.6 is 0 Å². The topological polar surface area (TPSA) is 77.5 Å². The van der Waals surface area contributed by atoms with Crippen LogP contribution in [0.1, 0.15) is 12.5 Å². The van der Waals surface area contributed by atoms with Crippen molar-refractivity contribution in [2.45, 2.75) is 13.0 Å². The minimum Gasteiger partial charge on any atom is -0.442 e. The Hall–Kier alpha value is -3.53. The molecule has 2 aromatic carbocycles. The Balaban J connectivity index is 1.45. The van der Waals surface area contributed by atoms with Gasteiger partial charge in [-0.15, -0.1) is 0 Å². The van der Waals surface area contributed by atoms with E-state index in [1.165, 1.54) is 36.2 Å². The molecule has 4 rings (SSSR count). The summed E-state index contributed by atoms with van der Waals surface area (Å²) in [4.78, 5) is 26.7. The number of carbonyl (C=O) groups excluding carboxylic acids is 2. The highest BCUT2D eigenvalue weighted by Gasteiger charge is 2.32. The lowest BCUT2D eigenvalue weighted by Crippen LogP contribution is -2.41. The van der Waals surface area contributed by atoms with Gasteiger partial charge in [-0.1, -0.05) is 6.07 Å². The summed E-state index contributed by atoms with van der Waals surface area (Å²) in [5.74, 6) is -1.31. The highest BCUT2D eigenvalue weighted by molar-refractivity contribution is 5.90. The van der Waals surface area contributed by atoms with Gasteiger partial charge in [0.2, 0.25) is 5.91 Å². The van der Waals surface area contributed by atoms with Crippen molar-refractivity contribution < 1.29 is 23.1 Å². The molecule has 8 nitrogen and oxygen atoms in total. The standard InChI is InChI=1S/C24H27F2N5O3/c1-16(32)27-14-20-15-31(24(33)34-20)19-5-6-21(23(26)12-19)17-3-4-18(22(25)11-17)13-28-30-9-7-29(2)8-10-30/h3-6,11-13,20H,7-10,14-15H2,1-2H3,(H,27,32)/t20-/m0/s1. The lowest BCUT2D eigenvalue weighted by molar-refractivity contribution is -0.119. The SMILES string of the molecule is CC(=O)NC[C@H]1CN(c2ccc(-c3ccc(C=NN4CCN(C)CC4)c(F)c3)c(F)c2)C(=O)O1. The van der Waals surface area contributed by atoms with Crippen LogP contribution in [-0.2, 0) is 9.53 Å². The number of amides is 2. The first kappa shape index (κ1) is 23.6. The number of cyclic esters (lactones) is 1. The summed E-state index contributed by atoms with van der Waals surface area (Å²) in [6.07, 6.45) is 0.353. The summed E-state index contributed by atoms with van der Waals surface area (Å²) in [6.45, 7) is 5.11. The fraction of sp³-hybridized carbons (Fsp3) is 0.375. The minimum atomic E-state index is -0.613. The van der Waals surface area contributed by atoms with Crippen molar-refractivity contribution in [2.75, 3.05) is 51.2 Å². The Bertz CT molecular complexity index is 1100. The highest BCUT2D eigenvalue weighted by atomic mass is 19.1. The fourth-order valence-electron chi connectivity index (χ4n) is 3.86. The third-order valence-corrected chi connectivity index (χ3v) is 5.87. The number of nitrogens with one attached hydrogen (secondary N) is 1. The van der Waals surface area contributed by atoms with E-state index in [4.69, 9.17) is 4.74 Å². The fourth-order valence-corrected chi connectivity index (χ4v) is 3.86. The first-order valence-electron chi connectivity index (χ1n) is 11.1. The Morgan fingerprint density at radius 1 is 1.15 bits per heavy atom. The van der Waals surface area contributed by atoms with E-state index >= 15 is 0 Å². The average Bonchev–Trinajstić information content (AvgIpc) is 3.18. The summed E-state index contributed by atoms with van der Waals surface area (Å²) < 4.78 is 34.8. The Labute approximate surface area is 196 Å². The second-order valence-corrected chi connectivity index (χ2v) is 8.46. The summed E-state index contributed by atoms with van der Waals surface area (Å²) in [5.41, 5.74) is 1.25. The van der Waals surface area contributed by atoms with E-state index in [0.29, 0.717) is 16.8 Å². The van der Waals surface area contributed by atoms with Gasteiger partial charge in [0.1, 0.15) is 17.7 Å². The normalized spacial score (nSPS) is 19.1. The van der Waals surface area contributed by atoms with E-state index in [1.54, 1.807) is 18.2 Å². The molecule has 2 fully saturated rings. The molecule has 2 aliphatic heterocycles. The van der Waals surface area contributed by atoms with E-state index in [-0.39, 0.29) is 24.6 Å². The summed E-state index contributed by atoms with van der Waals surface area (Å²) >= 11 is 0. The summed E-state index contributed by atoms with van der Waals surface area (Å²) in [5, 5.41) is 8.85. The molecule has 0 radical (unpaired) electrons. The number of carbonyl (C=O) groups is 2. The second-order valence-electron chi connectivity index (χ2n) is 8.46. The van der Waals surface area contributed by atoms with Crippen LogP contribution in [0.2, 0.25) is 0 Å². The van der Waals surface area contributed by atoms with Gasteiger partial charge in [-0.05, 0) is 42.9 Å². The molecular formula is C24H27F2N5O3. The summed E-state index contributed by atoms with van der Waals surface area (Å²) in [6, 6.07) is 8.80. The molecule has 2 aromatic rings. The Morgan fingerprint density at radius 3 is 2.59 bits per heavy atom. The molecule has 2 saturated heterocycles. The Morgan fingerprint density at radius 2 is 1.91 bits per heavy atom. The van der Waals surface area contributed by atoms with Crippen molar-refractivity contribution >= 4 is 23.9 Å². The van der Waals surface area contributed by atoms with Crippen molar-refractivity contribution in [3.63, 3.8) is 0 Å². The third kappa shape index (κ3) is 5.51. The van der Waals surface area contributed by atoms with Gasteiger partial charge < -0.3 is 15.0 Å². The highest BCUT2D eigenvalue weighted by Crippen LogP contribution is 2.30. The van der Waals surface area contributed by atoms with E-state index in [2.05, 4.69) is 15.3 Å². The molecule has 0 spiro atoms. The molecule has 180 valence electrons. The number of benzene rings is 2. The molecule has 0 bridgehead atoms. The lowest BCUT2D eigenvalue weighted by atomic mass is 10.0. The maximum absolute atomic E-state index is 14.9. The molecule has 2 amide bonds. The van der Waals surface area contributed by atoms with Crippen LogP contribution in [0.25, 0.3) is 11.1 Å². The van der Waals surface area contributed by atoms with Crippen molar-refractivity contribution in [1.82, 2.24) is 15.2 Å². The van der Waals surface area contributed by atoms with E-state index in [0.717, 1.165) is 26.2 Å². The van der Waals surface area contributed by atoms with Crippen molar-refractivity contribution in [3.05, 3.63) is 53.6 Å². The van der Waals surface area contributed by atoms with Crippen molar-refractivity contribution in [3.8, 4) is 11.1 Å². The van der Waals surface area contributed by atoms with Crippen molar-refractivity contribution in [2.24, 2.45) is 5.10 Å². The number of hydrogen-bond acceptors (Lipinski definition) is 6. The number of halogens is 2. The van der Waals surface area contributed by atoms with Crippen LogP contribution < -0.4 is 10.2 Å². The van der Waals surface area contributed by atoms with E-state index in [9.17, 15) is 18.4 Å². The zero-order chi connectivity index (χ0) is 24.2. The van der Waals surface area contributed by atoms with Gasteiger partial charge in [-0.3, -0.25) is 14.7 Å². The summed E-state index contributed by atoms with van der Waals surface area (Å²) in [7, 11) is 2.05. The number of anilines is 1. The molecule has 0 aromatic heterocycles. The van der Waals surface area contributed by atoms with Gasteiger partial charge in [-0.25, -0.2) is 13.6 Å². The number of nitrogens with zero attached hydrogens (tertiary/aromatic N) is 4.